The Labute approximate surface area is 104 Å². The number of hydrogen-bond acceptors (Lipinski definition) is 3. The molecule has 4 heteroatoms. The van der Waals surface area contributed by atoms with Gasteiger partial charge in [0.05, 0.1) is 19.3 Å². The van der Waals surface area contributed by atoms with Crippen LogP contribution in [-0.2, 0) is 4.74 Å². The standard InChI is InChI=1S/C12H16BrNO2/c1-9(15)11-3-2-10(8-12(11)13)14-4-6-16-7-5-14/h2-3,8-9,15H,4-7H2,1H3. The molecule has 1 saturated heterocycles. The molecule has 16 heavy (non-hydrogen) atoms. The van der Waals surface area contributed by atoms with Crippen LogP contribution in [0.3, 0.4) is 0 Å². The minimum Gasteiger partial charge on any atom is -0.389 e. The van der Waals surface area contributed by atoms with Crippen LogP contribution in [0.5, 0.6) is 0 Å². The van der Waals surface area contributed by atoms with Crippen molar-refractivity contribution in [3.63, 3.8) is 0 Å². The Bertz CT molecular complexity index is 362. The summed E-state index contributed by atoms with van der Waals surface area (Å²) < 4.78 is 6.28. The van der Waals surface area contributed by atoms with Gasteiger partial charge < -0.3 is 14.7 Å². The van der Waals surface area contributed by atoms with Gasteiger partial charge in [0.1, 0.15) is 0 Å². The fourth-order valence-corrected chi connectivity index (χ4v) is 2.57. The van der Waals surface area contributed by atoms with E-state index in [1.807, 2.05) is 6.07 Å². The molecule has 1 aromatic carbocycles. The van der Waals surface area contributed by atoms with Crippen molar-refractivity contribution >= 4 is 21.6 Å². The number of aliphatic hydroxyl groups excluding tert-OH is 1. The van der Waals surface area contributed by atoms with E-state index in [1.165, 1.54) is 5.69 Å². The summed E-state index contributed by atoms with van der Waals surface area (Å²) >= 11 is 3.50. The Balaban J connectivity index is 2.19. The lowest BCUT2D eigenvalue weighted by Gasteiger charge is -2.29. The first-order valence-electron chi connectivity index (χ1n) is 5.48. The van der Waals surface area contributed by atoms with E-state index in [4.69, 9.17) is 4.74 Å². The maximum Gasteiger partial charge on any atom is 0.0772 e. The average molecular weight is 286 g/mol. The third kappa shape index (κ3) is 2.56. The first-order valence-corrected chi connectivity index (χ1v) is 6.28. The van der Waals surface area contributed by atoms with E-state index in [9.17, 15) is 5.11 Å². The van der Waals surface area contributed by atoms with Gasteiger partial charge in [0.25, 0.3) is 0 Å². The van der Waals surface area contributed by atoms with E-state index in [1.54, 1.807) is 6.92 Å². The van der Waals surface area contributed by atoms with Gasteiger partial charge in [0.2, 0.25) is 0 Å². The van der Waals surface area contributed by atoms with Crippen molar-refractivity contribution in [2.75, 3.05) is 31.2 Å². The van der Waals surface area contributed by atoms with Crippen molar-refractivity contribution in [3.05, 3.63) is 28.2 Å². The van der Waals surface area contributed by atoms with Gasteiger partial charge in [-0.15, -0.1) is 0 Å². The van der Waals surface area contributed by atoms with E-state index in [-0.39, 0.29) is 0 Å². The first kappa shape index (κ1) is 11.9. The number of halogens is 1. The first-order chi connectivity index (χ1) is 7.68. The smallest absolute Gasteiger partial charge is 0.0772 e. The van der Waals surface area contributed by atoms with Crippen LogP contribution in [0.1, 0.15) is 18.6 Å². The molecule has 1 atom stereocenters. The van der Waals surface area contributed by atoms with Gasteiger partial charge in [-0.05, 0) is 24.6 Å². The van der Waals surface area contributed by atoms with Gasteiger partial charge in [-0.2, -0.15) is 0 Å². The summed E-state index contributed by atoms with van der Waals surface area (Å²) in [5, 5.41) is 9.54. The lowest BCUT2D eigenvalue weighted by molar-refractivity contribution is 0.122. The number of hydrogen-bond donors (Lipinski definition) is 1. The highest BCUT2D eigenvalue weighted by atomic mass is 79.9. The van der Waals surface area contributed by atoms with Crippen molar-refractivity contribution in [2.24, 2.45) is 0 Å². The average Bonchev–Trinajstić information content (AvgIpc) is 2.29. The third-order valence-corrected chi connectivity index (χ3v) is 3.50. The number of ether oxygens (including phenoxy) is 1. The van der Waals surface area contributed by atoms with Crippen LogP contribution in [0.25, 0.3) is 0 Å². The SMILES string of the molecule is CC(O)c1ccc(N2CCOCC2)cc1Br. The highest BCUT2D eigenvalue weighted by Gasteiger charge is 2.13. The number of benzene rings is 1. The molecule has 0 bridgehead atoms. The molecule has 1 unspecified atom stereocenters. The molecule has 1 aliphatic heterocycles. The van der Waals surface area contributed by atoms with Crippen LogP contribution >= 0.6 is 15.9 Å². The highest BCUT2D eigenvalue weighted by molar-refractivity contribution is 9.10. The largest absolute Gasteiger partial charge is 0.389 e. The molecule has 0 aromatic heterocycles. The Hall–Kier alpha value is -0.580. The molecule has 1 N–H and O–H groups in total. The predicted octanol–water partition coefficient (Wildman–Crippen LogP) is 2.34. The summed E-state index contributed by atoms with van der Waals surface area (Å²) in [5.74, 6) is 0. The minimum atomic E-state index is -0.437. The van der Waals surface area contributed by atoms with Crippen molar-refractivity contribution in [2.45, 2.75) is 13.0 Å². The van der Waals surface area contributed by atoms with Crippen molar-refractivity contribution in [3.8, 4) is 0 Å². The van der Waals surface area contributed by atoms with Gasteiger partial charge in [-0.1, -0.05) is 22.0 Å². The molecule has 2 rings (SSSR count). The predicted molar refractivity (Wildman–Crippen MR) is 67.8 cm³/mol. The second-order valence-electron chi connectivity index (χ2n) is 3.98. The number of aliphatic hydroxyl groups is 1. The van der Waals surface area contributed by atoms with Crippen molar-refractivity contribution < 1.29 is 9.84 Å². The zero-order chi connectivity index (χ0) is 11.5. The minimum absolute atomic E-state index is 0.437. The quantitative estimate of drug-likeness (QED) is 0.905. The Morgan fingerprint density at radius 1 is 1.38 bits per heavy atom. The molecule has 0 amide bonds. The fraction of sp³-hybridized carbons (Fsp3) is 0.500. The van der Waals surface area contributed by atoms with E-state index in [0.717, 1.165) is 36.3 Å². The molecule has 0 spiro atoms. The summed E-state index contributed by atoms with van der Waals surface area (Å²) in [6.07, 6.45) is -0.437. The molecule has 3 nitrogen and oxygen atoms in total. The van der Waals surface area contributed by atoms with Gasteiger partial charge in [0.15, 0.2) is 0 Å². The number of anilines is 1. The molecule has 88 valence electrons. The van der Waals surface area contributed by atoms with Crippen molar-refractivity contribution in [1.29, 1.82) is 0 Å². The summed E-state index contributed by atoms with van der Waals surface area (Å²) in [6, 6.07) is 6.09. The van der Waals surface area contributed by atoms with E-state index in [2.05, 4.69) is 33.0 Å². The molecule has 0 radical (unpaired) electrons. The van der Waals surface area contributed by atoms with Crippen LogP contribution in [0, 0.1) is 0 Å². The zero-order valence-electron chi connectivity index (χ0n) is 9.32. The lowest BCUT2D eigenvalue weighted by Crippen LogP contribution is -2.36. The highest BCUT2D eigenvalue weighted by Crippen LogP contribution is 2.28. The molecular weight excluding hydrogens is 270 g/mol. The molecule has 1 heterocycles. The Kier molecular flexibility index (Phi) is 3.84. The van der Waals surface area contributed by atoms with Crippen LogP contribution in [0.4, 0.5) is 5.69 Å². The number of rotatable bonds is 2. The van der Waals surface area contributed by atoms with E-state index < -0.39 is 6.10 Å². The summed E-state index contributed by atoms with van der Waals surface area (Å²) in [5.41, 5.74) is 2.11. The summed E-state index contributed by atoms with van der Waals surface area (Å²) in [6.45, 7) is 5.21. The summed E-state index contributed by atoms with van der Waals surface area (Å²) in [4.78, 5) is 2.29. The van der Waals surface area contributed by atoms with Gasteiger partial charge in [-0.3, -0.25) is 0 Å². The van der Waals surface area contributed by atoms with Crippen LogP contribution in [0.2, 0.25) is 0 Å². The molecule has 0 saturated carbocycles. The molecule has 0 aliphatic carbocycles. The number of morpholine rings is 1. The molecular formula is C12H16BrNO2. The van der Waals surface area contributed by atoms with Crippen LogP contribution < -0.4 is 4.90 Å². The molecule has 1 aliphatic rings. The monoisotopic (exact) mass is 285 g/mol. The maximum atomic E-state index is 9.54. The van der Waals surface area contributed by atoms with Crippen LogP contribution in [0.15, 0.2) is 22.7 Å². The van der Waals surface area contributed by atoms with Crippen molar-refractivity contribution in [1.82, 2.24) is 0 Å². The number of nitrogens with zero attached hydrogens (tertiary/aromatic N) is 1. The second kappa shape index (κ2) is 5.17. The van der Waals surface area contributed by atoms with E-state index in [0.29, 0.717) is 0 Å². The molecule has 1 fully saturated rings. The van der Waals surface area contributed by atoms with Gasteiger partial charge in [0, 0.05) is 23.2 Å². The topological polar surface area (TPSA) is 32.7 Å². The van der Waals surface area contributed by atoms with E-state index >= 15 is 0 Å². The van der Waals surface area contributed by atoms with Gasteiger partial charge >= 0.3 is 0 Å². The molecule has 1 aromatic rings. The van der Waals surface area contributed by atoms with Gasteiger partial charge in [-0.25, -0.2) is 0 Å². The zero-order valence-corrected chi connectivity index (χ0v) is 10.9. The van der Waals surface area contributed by atoms with Crippen LogP contribution in [-0.4, -0.2) is 31.4 Å². The summed E-state index contributed by atoms with van der Waals surface area (Å²) in [7, 11) is 0. The Morgan fingerprint density at radius 2 is 2.06 bits per heavy atom. The lowest BCUT2D eigenvalue weighted by atomic mass is 10.1. The fourth-order valence-electron chi connectivity index (χ4n) is 1.87. The Morgan fingerprint density at radius 3 is 2.62 bits per heavy atom. The maximum absolute atomic E-state index is 9.54. The normalized spacial score (nSPS) is 18.6. The third-order valence-electron chi connectivity index (χ3n) is 2.81. The second-order valence-corrected chi connectivity index (χ2v) is 4.84.